The second-order valence-corrected chi connectivity index (χ2v) is 7.72. The first-order valence-electron chi connectivity index (χ1n) is 8.43. The van der Waals surface area contributed by atoms with Crippen molar-refractivity contribution in [3.63, 3.8) is 0 Å². The van der Waals surface area contributed by atoms with E-state index in [-0.39, 0.29) is 32.5 Å². The Morgan fingerprint density at radius 2 is 1.76 bits per heavy atom. The van der Waals surface area contributed by atoms with Crippen LogP contribution in [0.25, 0.3) is 5.69 Å². The van der Waals surface area contributed by atoms with Gasteiger partial charge in [-0.15, -0.1) is 0 Å². The fraction of sp³-hybridized carbons (Fsp3) is 0.0952. The quantitative estimate of drug-likeness (QED) is 0.576. The standard InChI is InChI=1S/C21H15ClFNO4S/c1-11-16(12(2)25)10-24(18-15(21(27)28)4-3-5-17(18)22)20(26)19(11)29-14-8-6-13(23)7-9-14/h3-10H,1-2H3,(H,27,28). The number of Topliss-reactive ketones (excluding diaryl/α,β-unsaturated/α-hetero) is 1. The number of para-hydroxylation sites is 1. The minimum absolute atomic E-state index is 0.0184. The molecule has 148 valence electrons. The van der Waals surface area contributed by atoms with Gasteiger partial charge in [0.25, 0.3) is 5.56 Å². The number of rotatable bonds is 5. The Morgan fingerprint density at radius 1 is 1.10 bits per heavy atom. The number of halogens is 2. The van der Waals surface area contributed by atoms with E-state index in [1.54, 1.807) is 6.92 Å². The van der Waals surface area contributed by atoms with Gasteiger partial charge >= 0.3 is 5.97 Å². The highest BCUT2D eigenvalue weighted by Crippen LogP contribution is 2.31. The molecule has 0 saturated carbocycles. The molecule has 1 heterocycles. The van der Waals surface area contributed by atoms with Crippen LogP contribution in [0.3, 0.4) is 0 Å². The molecular weight excluding hydrogens is 417 g/mol. The van der Waals surface area contributed by atoms with Crippen LogP contribution in [0, 0.1) is 12.7 Å². The zero-order chi connectivity index (χ0) is 21.3. The Bertz CT molecular complexity index is 1190. The number of nitrogens with zero attached hydrogens (tertiary/aromatic N) is 1. The maximum Gasteiger partial charge on any atom is 0.337 e. The SMILES string of the molecule is CC(=O)c1cn(-c2c(Cl)cccc2C(=O)O)c(=O)c(Sc2ccc(F)cc2)c1C. The maximum absolute atomic E-state index is 13.3. The summed E-state index contributed by atoms with van der Waals surface area (Å²) >= 11 is 7.29. The minimum atomic E-state index is -1.26. The van der Waals surface area contributed by atoms with E-state index in [4.69, 9.17) is 11.6 Å². The van der Waals surface area contributed by atoms with Crippen molar-refractivity contribution in [2.45, 2.75) is 23.6 Å². The Morgan fingerprint density at radius 3 is 2.34 bits per heavy atom. The number of benzene rings is 2. The number of carbonyl (C=O) groups excluding carboxylic acids is 1. The van der Waals surface area contributed by atoms with Crippen molar-refractivity contribution >= 4 is 35.1 Å². The summed E-state index contributed by atoms with van der Waals surface area (Å²) in [4.78, 5) is 37.9. The first-order chi connectivity index (χ1) is 13.7. The van der Waals surface area contributed by atoms with Crippen LogP contribution in [-0.2, 0) is 0 Å². The summed E-state index contributed by atoms with van der Waals surface area (Å²) in [7, 11) is 0. The molecule has 0 atom stereocenters. The summed E-state index contributed by atoms with van der Waals surface area (Å²) in [5.74, 6) is -1.96. The summed E-state index contributed by atoms with van der Waals surface area (Å²) in [6, 6.07) is 9.83. The predicted molar refractivity (Wildman–Crippen MR) is 109 cm³/mol. The number of carboxylic acid groups (broad SMARTS) is 1. The molecule has 0 aliphatic carbocycles. The fourth-order valence-corrected chi connectivity index (χ4v) is 4.09. The van der Waals surface area contributed by atoms with E-state index in [9.17, 15) is 23.9 Å². The summed E-state index contributed by atoms with van der Waals surface area (Å²) in [6.45, 7) is 2.99. The number of hydrogen-bond donors (Lipinski definition) is 1. The van der Waals surface area contributed by atoms with Crippen molar-refractivity contribution in [3.05, 3.63) is 86.5 Å². The van der Waals surface area contributed by atoms with Crippen molar-refractivity contribution in [2.75, 3.05) is 0 Å². The smallest absolute Gasteiger partial charge is 0.337 e. The van der Waals surface area contributed by atoms with Gasteiger partial charge in [0.15, 0.2) is 5.78 Å². The Balaban J connectivity index is 2.32. The van der Waals surface area contributed by atoms with Crippen LogP contribution in [0.2, 0.25) is 5.02 Å². The number of carboxylic acids is 1. The van der Waals surface area contributed by atoms with Gasteiger partial charge in [0.2, 0.25) is 0 Å². The molecule has 3 rings (SSSR count). The molecule has 0 aliphatic heterocycles. The molecular formula is C21H15ClFNO4S. The van der Waals surface area contributed by atoms with Gasteiger partial charge in [0.1, 0.15) is 5.82 Å². The van der Waals surface area contributed by atoms with Gasteiger partial charge < -0.3 is 5.11 Å². The minimum Gasteiger partial charge on any atom is -0.478 e. The average molecular weight is 432 g/mol. The van der Waals surface area contributed by atoms with Gasteiger partial charge in [0.05, 0.1) is 21.2 Å². The molecule has 0 amide bonds. The van der Waals surface area contributed by atoms with Crippen LogP contribution in [0.15, 0.2) is 63.2 Å². The Labute approximate surface area is 174 Å². The first-order valence-corrected chi connectivity index (χ1v) is 9.63. The zero-order valence-corrected chi connectivity index (χ0v) is 17.0. The second kappa shape index (κ2) is 8.23. The lowest BCUT2D eigenvalue weighted by Crippen LogP contribution is -2.25. The van der Waals surface area contributed by atoms with Crippen molar-refractivity contribution in [2.24, 2.45) is 0 Å². The van der Waals surface area contributed by atoms with Gasteiger partial charge in [0, 0.05) is 16.7 Å². The maximum atomic E-state index is 13.3. The van der Waals surface area contributed by atoms with E-state index >= 15 is 0 Å². The van der Waals surface area contributed by atoms with Gasteiger partial charge in [-0.1, -0.05) is 29.4 Å². The third-order valence-corrected chi connectivity index (χ3v) is 5.78. The number of pyridine rings is 1. The first kappa shape index (κ1) is 20.8. The third kappa shape index (κ3) is 4.11. The molecule has 0 unspecified atom stereocenters. The molecule has 29 heavy (non-hydrogen) atoms. The molecule has 0 spiro atoms. The zero-order valence-electron chi connectivity index (χ0n) is 15.4. The lowest BCUT2D eigenvalue weighted by atomic mass is 10.1. The van der Waals surface area contributed by atoms with Crippen molar-refractivity contribution in [1.29, 1.82) is 0 Å². The topological polar surface area (TPSA) is 76.4 Å². The van der Waals surface area contributed by atoms with Crippen LogP contribution in [0.5, 0.6) is 0 Å². The monoisotopic (exact) mass is 431 g/mol. The van der Waals surface area contributed by atoms with Crippen LogP contribution in [0.4, 0.5) is 4.39 Å². The molecule has 0 bridgehead atoms. The third-order valence-electron chi connectivity index (χ3n) is 4.29. The number of hydrogen-bond acceptors (Lipinski definition) is 4. The average Bonchev–Trinajstić information content (AvgIpc) is 2.66. The van der Waals surface area contributed by atoms with Crippen molar-refractivity contribution in [3.8, 4) is 5.69 Å². The Hall–Kier alpha value is -2.90. The summed E-state index contributed by atoms with van der Waals surface area (Å²) in [5, 5.41) is 9.58. The van der Waals surface area contributed by atoms with E-state index in [1.807, 2.05) is 0 Å². The molecule has 0 fully saturated rings. The summed E-state index contributed by atoms with van der Waals surface area (Å²) in [5.41, 5.74) is -0.00860. The second-order valence-electron chi connectivity index (χ2n) is 6.23. The van der Waals surface area contributed by atoms with E-state index in [0.717, 1.165) is 16.3 Å². The predicted octanol–water partition coefficient (Wildman–Crippen LogP) is 4.99. The van der Waals surface area contributed by atoms with Gasteiger partial charge in [-0.05, 0) is 55.8 Å². The van der Waals surface area contributed by atoms with Crippen molar-refractivity contribution < 1.29 is 19.1 Å². The van der Waals surface area contributed by atoms with E-state index < -0.39 is 17.3 Å². The molecule has 0 aliphatic rings. The van der Waals surface area contributed by atoms with Crippen LogP contribution in [-0.4, -0.2) is 21.4 Å². The summed E-state index contributed by atoms with van der Waals surface area (Å²) in [6.07, 6.45) is 1.31. The highest BCUT2D eigenvalue weighted by Gasteiger charge is 2.22. The lowest BCUT2D eigenvalue weighted by Gasteiger charge is -2.16. The highest BCUT2D eigenvalue weighted by atomic mass is 35.5. The van der Waals surface area contributed by atoms with Crippen molar-refractivity contribution in [1.82, 2.24) is 4.57 Å². The van der Waals surface area contributed by atoms with Gasteiger partial charge in [-0.25, -0.2) is 9.18 Å². The molecule has 2 aromatic carbocycles. The van der Waals surface area contributed by atoms with E-state index in [2.05, 4.69) is 0 Å². The fourth-order valence-electron chi connectivity index (χ4n) is 2.87. The van der Waals surface area contributed by atoms with E-state index in [1.165, 1.54) is 55.6 Å². The Kier molecular flexibility index (Phi) is 5.91. The molecule has 3 aromatic rings. The van der Waals surface area contributed by atoms with E-state index in [0.29, 0.717) is 10.5 Å². The molecule has 1 aromatic heterocycles. The van der Waals surface area contributed by atoms with Crippen LogP contribution >= 0.6 is 23.4 Å². The van der Waals surface area contributed by atoms with Crippen LogP contribution < -0.4 is 5.56 Å². The summed E-state index contributed by atoms with van der Waals surface area (Å²) < 4.78 is 14.3. The number of aromatic nitrogens is 1. The number of ketones is 1. The largest absolute Gasteiger partial charge is 0.478 e. The number of carbonyl (C=O) groups is 2. The van der Waals surface area contributed by atoms with Crippen LogP contribution in [0.1, 0.15) is 33.2 Å². The number of aromatic carboxylic acids is 1. The lowest BCUT2D eigenvalue weighted by molar-refractivity contribution is 0.0696. The highest BCUT2D eigenvalue weighted by molar-refractivity contribution is 7.99. The molecule has 8 heteroatoms. The normalized spacial score (nSPS) is 10.8. The van der Waals surface area contributed by atoms with Gasteiger partial charge in [-0.2, -0.15) is 0 Å². The molecule has 1 N–H and O–H groups in total. The van der Waals surface area contributed by atoms with Gasteiger partial charge in [-0.3, -0.25) is 14.2 Å². The molecule has 5 nitrogen and oxygen atoms in total. The molecule has 0 radical (unpaired) electrons. The molecule has 0 saturated heterocycles.